The Kier molecular flexibility index (Phi) is 6.17. The smallest absolute Gasteiger partial charge is 0.257 e. The van der Waals surface area contributed by atoms with Crippen LogP contribution >= 0.6 is 23.2 Å². The minimum absolute atomic E-state index is 0.299. The van der Waals surface area contributed by atoms with Crippen LogP contribution in [0.5, 0.6) is 0 Å². The Labute approximate surface area is 184 Å². The summed E-state index contributed by atoms with van der Waals surface area (Å²) < 4.78 is 5.37. The molecule has 0 spiro atoms. The van der Waals surface area contributed by atoms with Gasteiger partial charge >= 0.3 is 0 Å². The van der Waals surface area contributed by atoms with Crippen LogP contribution in [-0.2, 0) is 6.42 Å². The van der Waals surface area contributed by atoms with Gasteiger partial charge in [-0.25, -0.2) is 0 Å². The fraction of sp³-hybridized carbons (Fsp3) is 0.0833. The van der Waals surface area contributed by atoms with Gasteiger partial charge in [0.15, 0.2) is 5.76 Å². The highest BCUT2D eigenvalue weighted by atomic mass is 35.5. The summed E-state index contributed by atoms with van der Waals surface area (Å²) in [4.78, 5) is 13.2. The minimum atomic E-state index is -0.482. The molecule has 4 aromatic rings. The molecule has 30 heavy (non-hydrogen) atoms. The fourth-order valence-corrected chi connectivity index (χ4v) is 3.70. The third-order valence-corrected chi connectivity index (χ3v) is 5.35. The molecule has 1 unspecified atom stereocenters. The zero-order valence-corrected chi connectivity index (χ0v) is 17.4. The van der Waals surface area contributed by atoms with E-state index in [-0.39, 0.29) is 5.91 Å². The van der Waals surface area contributed by atoms with Crippen LogP contribution in [0.25, 0.3) is 0 Å². The first-order chi connectivity index (χ1) is 14.6. The van der Waals surface area contributed by atoms with Gasteiger partial charge in [0.2, 0.25) is 0 Å². The van der Waals surface area contributed by atoms with Crippen LogP contribution in [0.1, 0.15) is 38.9 Å². The van der Waals surface area contributed by atoms with Crippen LogP contribution in [0.2, 0.25) is 10.0 Å². The Morgan fingerprint density at radius 2 is 1.67 bits per heavy atom. The monoisotopic (exact) mass is 436 g/mol. The van der Waals surface area contributed by atoms with Crippen molar-refractivity contribution in [1.82, 2.24) is 10.5 Å². The van der Waals surface area contributed by atoms with Gasteiger partial charge in [0.1, 0.15) is 5.56 Å². The van der Waals surface area contributed by atoms with E-state index < -0.39 is 6.04 Å². The van der Waals surface area contributed by atoms with Gasteiger partial charge in [-0.05, 0) is 34.9 Å². The molecule has 4 rings (SSSR count). The molecule has 0 aliphatic heterocycles. The molecule has 0 radical (unpaired) electrons. The van der Waals surface area contributed by atoms with Gasteiger partial charge in [0, 0.05) is 16.5 Å². The molecule has 0 saturated carbocycles. The molecule has 3 aromatic carbocycles. The van der Waals surface area contributed by atoms with E-state index in [0.29, 0.717) is 33.4 Å². The molecule has 1 heterocycles. The molecule has 150 valence electrons. The second kappa shape index (κ2) is 9.16. The van der Waals surface area contributed by atoms with Crippen molar-refractivity contribution in [2.24, 2.45) is 0 Å². The Morgan fingerprint density at radius 3 is 2.40 bits per heavy atom. The number of nitrogens with zero attached hydrogens (tertiary/aromatic N) is 1. The van der Waals surface area contributed by atoms with Crippen LogP contribution < -0.4 is 5.32 Å². The van der Waals surface area contributed by atoms with Crippen molar-refractivity contribution in [2.75, 3.05) is 0 Å². The number of halogens is 2. The molecule has 1 atom stereocenters. The molecule has 0 fully saturated rings. The van der Waals surface area contributed by atoms with E-state index in [2.05, 4.69) is 10.5 Å². The highest BCUT2D eigenvalue weighted by Crippen LogP contribution is 2.31. The van der Waals surface area contributed by atoms with Crippen LogP contribution in [0, 0.1) is 0 Å². The van der Waals surface area contributed by atoms with Crippen molar-refractivity contribution in [3.8, 4) is 0 Å². The van der Waals surface area contributed by atoms with Crippen LogP contribution in [0.3, 0.4) is 0 Å². The Hall–Kier alpha value is -3.08. The molecule has 0 saturated heterocycles. The van der Waals surface area contributed by atoms with E-state index in [0.717, 1.165) is 11.1 Å². The number of carbonyl (C=O) groups excluding carboxylic acids is 1. The maximum Gasteiger partial charge on any atom is 0.257 e. The lowest BCUT2D eigenvalue weighted by Crippen LogP contribution is -2.30. The summed E-state index contributed by atoms with van der Waals surface area (Å²) >= 11 is 12.7. The average Bonchev–Trinajstić information content (AvgIpc) is 3.23. The third kappa shape index (κ3) is 4.56. The summed E-state index contributed by atoms with van der Waals surface area (Å²) in [6, 6.07) is 24.1. The van der Waals surface area contributed by atoms with E-state index in [1.54, 1.807) is 18.2 Å². The molecule has 0 bridgehead atoms. The topological polar surface area (TPSA) is 55.1 Å². The first-order valence-corrected chi connectivity index (χ1v) is 10.2. The first-order valence-electron chi connectivity index (χ1n) is 9.40. The van der Waals surface area contributed by atoms with Crippen molar-refractivity contribution in [3.63, 3.8) is 0 Å². The lowest BCUT2D eigenvalue weighted by molar-refractivity contribution is 0.0941. The maximum absolute atomic E-state index is 13.2. The molecule has 0 aliphatic carbocycles. The Balaban J connectivity index is 1.65. The fourth-order valence-electron chi connectivity index (χ4n) is 3.29. The minimum Gasteiger partial charge on any atom is -0.360 e. The lowest BCUT2D eigenvalue weighted by Gasteiger charge is -2.21. The molecular formula is C24H18Cl2N2O2. The Morgan fingerprint density at radius 1 is 0.967 bits per heavy atom. The summed E-state index contributed by atoms with van der Waals surface area (Å²) in [6.07, 6.45) is 1.91. The van der Waals surface area contributed by atoms with Gasteiger partial charge in [-0.15, -0.1) is 0 Å². The van der Waals surface area contributed by atoms with E-state index in [4.69, 9.17) is 27.7 Å². The first kappa shape index (κ1) is 20.2. The molecule has 0 aliphatic rings. The molecule has 4 nitrogen and oxygen atoms in total. The zero-order valence-electron chi connectivity index (χ0n) is 15.9. The largest absolute Gasteiger partial charge is 0.360 e. The van der Waals surface area contributed by atoms with Crippen molar-refractivity contribution < 1.29 is 9.32 Å². The van der Waals surface area contributed by atoms with E-state index >= 15 is 0 Å². The second-order valence-electron chi connectivity index (χ2n) is 6.81. The molecule has 1 amide bonds. The number of aromatic nitrogens is 1. The Bertz CT molecular complexity index is 1140. The van der Waals surface area contributed by atoms with Crippen LogP contribution in [0.15, 0.2) is 89.6 Å². The van der Waals surface area contributed by atoms with Gasteiger partial charge < -0.3 is 9.84 Å². The third-order valence-electron chi connectivity index (χ3n) is 4.77. The number of carbonyl (C=O) groups is 1. The van der Waals surface area contributed by atoms with Crippen molar-refractivity contribution >= 4 is 29.1 Å². The number of nitrogens with one attached hydrogen (secondary N) is 1. The predicted molar refractivity (Wildman–Crippen MR) is 118 cm³/mol. The predicted octanol–water partition coefficient (Wildman–Crippen LogP) is 6.09. The summed E-state index contributed by atoms with van der Waals surface area (Å²) in [6.45, 7) is 0. The van der Waals surface area contributed by atoms with E-state index in [9.17, 15) is 4.79 Å². The number of benzene rings is 3. The van der Waals surface area contributed by atoms with Gasteiger partial charge in [0.25, 0.3) is 5.91 Å². The lowest BCUT2D eigenvalue weighted by atomic mass is 9.98. The van der Waals surface area contributed by atoms with Crippen molar-refractivity contribution in [1.29, 1.82) is 0 Å². The highest BCUT2D eigenvalue weighted by molar-refractivity contribution is 6.33. The molecule has 6 heteroatoms. The maximum atomic E-state index is 13.2. The van der Waals surface area contributed by atoms with Crippen LogP contribution in [-0.4, -0.2) is 11.1 Å². The normalized spacial score (nSPS) is 11.8. The quantitative estimate of drug-likeness (QED) is 0.397. The molecule has 1 N–H and O–H groups in total. The van der Waals surface area contributed by atoms with Gasteiger partial charge in [0.05, 0.1) is 12.2 Å². The highest BCUT2D eigenvalue weighted by Gasteiger charge is 2.23. The average molecular weight is 437 g/mol. The summed E-state index contributed by atoms with van der Waals surface area (Å²) in [5.74, 6) is 0.203. The summed E-state index contributed by atoms with van der Waals surface area (Å²) in [7, 11) is 0. The van der Waals surface area contributed by atoms with Gasteiger partial charge in [-0.1, -0.05) is 89.0 Å². The van der Waals surface area contributed by atoms with Crippen LogP contribution in [0.4, 0.5) is 0 Å². The molecular weight excluding hydrogens is 419 g/mol. The number of hydrogen-bond donors (Lipinski definition) is 1. The van der Waals surface area contributed by atoms with Gasteiger partial charge in [-0.2, -0.15) is 0 Å². The SMILES string of the molecule is O=C(NC(c1ccccc1)c1cc(Cl)ccc1Cl)c1cnoc1Cc1ccccc1. The summed E-state index contributed by atoms with van der Waals surface area (Å²) in [5, 5.41) is 7.96. The summed E-state index contributed by atoms with van der Waals surface area (Å²) in [5.41, 5.74) is 3.01. The molecule has 1 aromatic heterocycles. The van der Waals surface area contributed by atoms with E-state index in [1.165, 1.54) is 6.20 Å². The second-order valence-corrected chi connectivity index (χ2v) is 7.65. The van der Waals surface area contributed by atoms with E-state index in [1.807, 2.05) is 60.7 Å². The van der Waals surface area contributed by atoms with Crippen molar-refractivity contribution in [3.05, 3.63) is 123 Å². The van der Waals surface area contributed by atoms with Crippen molar-refractivity contribution in [2.45, 2.75) is 12.5 Å². The standard InChI is InChI=1S/C24H18Cl2N2O2/c25-18-11-12-21(26)19(14-18)23(17-9-5-2-6-10-17)28-24(29)20-15-27-30-22(20)13-16-7-3-1-4-8-16/h1-12,14-15,23H,13H2,(H,28,29). The van der Waals surface area contributed by atoms with Gasteiger partial charge in [-0.3, -0.25) is 4.79 Å². The number of amides is 1. The zero-order chi connectivity index (χ0) is 20.9. The number of rotatable bonds is 6. The number of hydrogen-bond acceptors (Lipinski definition) is 3.